The van der Waals surface area contributed by atoms with Crippen LogP contribution in [-0.4, -0.2) is 31.2 Å². The van der Waals surface area contributed by atoms with Crippen LogP contribution in [0.3, 0.4) is 0 Å². The normalized spacial score (nSPS) is 13.1. The molecule has 5 heteroatoms. The third-order valence-corrected chi connectivity index (χ3v) is 3.19. The van der Waals surface area contributed by atoms with Crippen molar-refractivity contribution in [3.63, 3.8) is 0 Å². The van der Waals surface area contributed by atoms with Crippen molar-refractivity contribution < 1.29 is 13.6 Å². The van der Waals surface area contributed by atoms with Crippen molar-refractivity contribution in [1.82, 2.24) is 4.90 Å². The Kier molecular flexibility index (Phi) is 6.18. The average molecular weight is 235 g/mol. The van der Waals surface area contributed by atoms with E-state index in [-0.39, 0.29) is 12.2 Å². The molecular weight excluding hydrogens is 213 g/mol. The predicted molar refractivity (Wildman–Crippen MR) is 62.9 cm³/mol. The van der Waals surface area contributed by atoms with E-state index in [4.69, 9.17) is 9.05 Å². The summed E-state index contributed by atoms with van der Waals surface area (Å²) < 4.78 is 22.8. The van der Waals surface area contributed by atoms with Gasteiger partial charge in [-0.3, -0.25) is 4.57 Å². The zero-order chi connectivity index (χ0) is 12.1. The zero-order valence-corrected chi connectivity index (χ0v) is 11.3. The van der Waals surface area contributed by atoms with Crippen molar-refractivity contribution in [3.8, 4) is 0 Å². The summed E-state index contributed by atoms with van der Waals surface area (Å²) >= 11 is 0. The highest BCUT2D eigenvalue weighted by Crippen LogP contribution is 2.51. The maximum atomic E-state index is 12.2. The highest BCUT2D eigenvalue weighted by Gasteiger charge is 2.24. The molecule has 4 nitrogen and oxygen atoms in total. The SMILES string of the molecule is CC(C)OP(=O)(C=CN(C)C)OC(C)C. The minimum absolute atomic E-state index is 0.124. The first-order valence-electron chi connectivity index (χ1n) is 5.07. The van der Waals surface area contributed by atoms with E-state index in [9.17, 15) is 4.57 Å². The summed E-state index contributed by atoms with van der Waals surface area (Å²) in [5.41, 5.74) is 0. The van der Waals surface area contributed by atoms with E-state index >= 15 is 0 Å². The highest BCUT2D eigenvalue weighted by molar-refractivity contribution is 7.57. The largest absolute Gasteiger partial charge is 0.383 e. The fourth-order valence-corrected chi connectivity index (χ4v) is 2.69. The molecule has 0 heterocycles. The van der Waals surface area contributed by atoms with Crippen LogP contribution >= 0.6 is 7.60 Å². The molecule has 0 fully saturated rings. The Hall–Kier alpha value is -0.310. The van der Waals surface area contributed by atoms with Gasteiger partial charge in [0.25, 0.3) is 0 Å². The quantitative estimate of drug-likeness (QED) is 0.663. The number of nitrogens with zero attached hydrogens (tertiary/aromatic N) is 1. The van der Waals surface area contributed by atoms with Crippen molar-refractivity contribution >= 4 is 7.60 Å². The van der Waals surface area contributed by atoms with Gasteiger partial charge in [-0.15, -0.1) is 0 Å². The maximum Gasteiger partial charge on any atom is 0.356 e. The summed E-state index contributed by atoms with van der Waals surface area (Å²) in [6, 6.07) is 0. The lowest BCUT2D eigenvalue weighted by molar-refractivity contribution is 0.149. The second kappa shape index (κ2) is 6.31. The van der Waals surface area contributed by atoms with Gasteiger partial charge >= 0.3 is 7.60 Å². The van der Waals surface area contributed by atoms with Crippen LogP contribution in [-0.2, 0) is 13.6 Å². The lowest BCUT2D eigenvalue weighted by Gasteiger charge is -2.20. The number of hydrogen-bond acceptors (Lipinski definition) is 4. The van der Waals surface area contributed by atoms with Gasteiger partial charge in [-0.1, -0.05) is 0 Å². The molecule has 0 N–H and O–H groups in total. The highest BCUT2D eigenvalue weighted by atomic mass is 31.2. The van der Waals surface area contributed by atoms with Crippen LogP contribution in [0.15, 0.2) is 12.0 Å². The molecule has 0 bridgehead atoms. The predicted octanol–water partition coefficient (Wildman–Crippen LogP) is 3.06. The molecule has 0 saturated carbocycles. The van der Waals surface area contributed by atoms with Crippen molar-refractivity contribution in [1.29, 1.82) is 0 Å². The van der Waals surface area contributed by atoms with Gasteiger partial charge in [-0.05, 0) is 27.7 Å². The number of hydrogen-bond donors (Lipinski definition) is 0. The Bertz CT molecular complexity index is 235. The molecule has 0 aromatic heterocycles. The fourth-order valence-electron chi connectivity index (χ4n) is 0.898. The van der Waals surface area contributed by atoms with Crippen molar-refractivity contribution in [2.45, 2.75) is 39.9 Å². The molecule has 0 saturated heterocycles. The van der Waals surface area contributed by atoms with Crippen molar-refractivity contribution in [3.05, 3.63) is 12.0 Å². The number of rotatable bonds is 6. The topological polar surface area (TPSA) is 38.8 Å². The fraction of sp³-hybridized carbons (Fsp3) is 0.800. The minimum Gasteiger partial charge on any atom is -0.383 e. The van der Waals surface area contributed by atoms with E-state index < -0.39 is 7.60 Å². The summed E-state index contributed by atoms with van der Waals surface area (Å²) in [4.78, 5) is 1.79. The van der Waals surface area contributed by atoms with Crippen LogP contribution < -0.4 is 0 Å². The molecule has 0 spiro atoms. The van der Waals surface area contributed by atoms with Gasteiger partial charge < -0.3 is 13.9 Å². The second-order valence-electron chi connectivity index (χ2n) is 4.11. The summed E-state index contributed by atoms with van der Waals surface area (Å²) in [5, 5.41) is 0. The second-order valence-corrected chi connectivity index (χ2v) is 5.91. The van der Waals surface area contributed by atoms with Gasteiger partial charge in [-0.25, -0.2) is 0 Å². The molecule has 0 aliphatic carbocycles. The van der Waals surface area contributed by atoms with Gasteiger partial charge in [0.2, 0.25) is 0 Å². The van der Waals surface area contributed by atoms with Crippen LogP contribution in [0, 0.1) is 0 Å². The van der Waals surface area contributed by atoms with Gasteiger partial charge in [0.1, 0.15) is 0 Å². The molecule has 0 aliphatic rings. The van der Waals surface area contributed by atoms with Crippen LogP contribution in [0.25, 0.3) is 0 Å². The molecule has 0 rings (SSSR count). The summed E-state index contributed by atoms with van der Waals surface area (Å²) in [7, 11) is 0.598. The van der Waals surface area contributed by atoms with Crippen LogP contribution in [0.1, 0.15) is 27.7 Å². The monoisotopic (exact) mass is 235 g/mol. The van der Waals surface area contributed by atoms with E-state index in [2.05, 4.69) is 0 Å². The summed E-state index contributed by atoms with van der Waals surface area (Å²) in [6.45, 7) is 7.33. The Morgan fingerprint density at radius 2 is 1.47 bits per heavy atom. The van der Waals surface area contributed by atoms with E-state index in [1.807, 2.05) is 41.8 Å². The molecule has 15 heavy (non-hydrogen) atoms. The summed E-state index contributed by atoms with van der Waals surface area (Å²) in [6.07, 6.45) is 1.44. The minimum atomic E-state index is -3.11. The molecule has 0 aromatic rings. The zero-order valence-electron chi connectivity index (χ0n) is 10.4. The molecule has 0 atom stereocenters. The maximum absolute atomic E-state index is 12.2. The van der Waals surface area contributed by atoms with Crippen LogP contribution in [0.5, 0.6) is 0 Å². The molecule has 0 aliphatic heterocycles. The van der Waals surface area contributed by atoms with Crippen molar-refractivity contribution in [2.75, 3.05) is 14.1 Å². The van der Waals surface area contributed by atoms with Crippen LogP contribution in [0.2, 0.25) is 0 Å². The smallest absolute Gasteiger partial charge is 0.356 e. The first-order chi connectivity index (χ1) is 6.75. The molecule has 0 amide bonds. The Balaban J connectivity index is 4.62. The lowest BCUT2D eigenvalue weighted by Crippen LogP contribution is -2.07. The van der Waals surface area contributed by atoms with E-state index in [0.717, 1.165) is 0 Å². The van der Waals surface area contributed by atoms with Crippen LogP contribution in [0.4, 0.5) is 0 Å². The Morgan fingerprint density at radius 1 is 1.07 bits per heavy atom. The van der Waals surface area contributed by atoms with Gasteiger partial charge in [0, 0.05) is 26.1 Å². The van der Waals surface area contributed by atoms with Crippen molar-refractivity contribution in [2.24, 2.45) is 0 Å². The molecular formula is C10H22NO3P. The molecule has 0 radical (unpaired) electrons. The van der Waals surface area contributed by atoms with Gasteiger partial charge in [0.15, 0.2) is 0 Å². The molecule has 0 aromatic carbocycles. The lowest BCUT2D eigenvalue weighted by atomic mass is 10.5. The molecule has 0 unspecified atom stereocenters. The third-order valence-electron chi connectivity index (χ3n) is 1.26. The third kappa shape index (κ3) is 7.60. The van der Waals surface area contributed by atoms with Gasteiger partial charge in [-0.2, -0.15) is 0 Å². The van der Waals surface area contributed by atoms with E-state index in [1.54, 1.807) is 11.1 Å². The van der Waals surface area contributed by atoms with E-state index in [1.165, 1.54) is 5.82 Å². The first-order valence-corrected chi connectivity index (χ1v) is 6.68. The Labute approximate surface area is 92.8 Å². The Morgan fingerprint density at radius 3 is 1.73 bits per heavy atom. The average Bonchev–Trinajstić information content (AvgIpc) is 1.97. The summed E-state index contributed by atoms with van der Waals surface area (Å²) in [5.74, 6) is 1.49. The molecule has 90 valence electrons. The van der Waals surface area contributed by atoms with E-state index in [0.29, 0.717) is 0 Å². The van der Waals surface area contributed by atoms with Gasteiger partial charge in [0.05, 0.1) is 12.2 Å². The first kappa shape index (κ1) is 14.7. The standard InChI is InChI=1S/C10H22NO3P/c1-9(2)13-15(12,14-10(3)4)8-7-11(5)6/h7-10H,1-6H3.